The molecule has 1 unspecified atom stereocenters. The number of aryl methyl sites for hydroxylation is 2. The number of hydrogen-bond acceptors (Lipinski definition) is 4. The maximum absolute atomic E-state index is 12.6. The van der Waals surface area contributed by atoms with Crippen LogP contribution in [-0.2, 0) is 17.9 Å². The van der Waals surface area contributed by atoms with Crippen LogP contribution in [0.1, 0.15) is 35.7 Å². The molecule has 0 bridgehead atoms. The number of carbonyl (C=O) groups excluding carboxylic acids is 2. The number of amides is 2. The summed E-state index contributed by atoms with van der Waals surface area (Å²) in [7, 11) is 3.34. The summed E-state index contributed by atoms with van der Waals surface area (Å²) in [6.07, 6.45) is 1.52. The summed E-state index contributed by atoms with van der Waals surface area (Å²) in [5.74, 6) is -0.709. The van der Waals surface area contributed by atoms with Crippen molar-refractivity contribution in [1.82, 2.24) is 24.5 Å². The van der Waals surface area contributed by atoms with Gasteiger partial charge in [0, 0.05) is 26.3 Å². The molecule has 26 heavy (non-hydrogen) atoms. The number of hydrogen-bond donors (Lipinski definition) is 1. The highest BCUT2D eigenvalue weighted by Crippen LogP contribution is 2.22. The molecule has 0 spiro atoms. The molecule has 0 fully saturated rings. The van der Waals surface area contributed by atoms with Crippen LogP contribution in [0.2, 0.25) is 0 Å². The lowest BCUT2D eigenvalue weighted by Crippen LogP contribution is -2.29. The van der Waals surface area contributed by atoms with Crippen LogP contribution < -0.4 is 5.32 Å². The monoisotopic (exact) mass is 424 g/mol. The zero-order valence-electron chi connectivity index (χ0n) is 16.0. The van der Waals surface area contributed by atoms with E-state index in [0.29, 0.717) is 24.5 Å². The molecule has 0 aromatic carbocycles. The molecule has 2 aromatic heterocycles. The van der Waals surface area contributed by atoms with Gasteiger partial charge >= 0.3 is 0 Å². The molecule has 1 N–H and O–H groups in total. The Kier molecular flexibility index (Phi) is 6.22. The molecule has 2 aromatic rings. The molecule has 2 amide bonds. The highest BCUT2D eigenvalue weighted by molar-refractivity contribution is 9.10. The Morgan fingerprint density at radius 3 is 2.46 bits per heavy atom. The second kappa shape index (κ2) is 8.03. The molecular weight excluding hydrogens is 400 g/mol. The smallest absolute Gasteiger partial charge is 0.273 e. The molecular formula is C17H25BrN6O2. The molecule has 0 aliphatic heterocycles. The van der Waals surface area contributed by atoms with Gasteiger partial charge < -0.3 is 10.2 Å². The normalized spacial score (nSPS) is 12.1. The van der Waals surface area contributed by atoms with Gasteiger partial charge in [0.25, 0.3) is 5.91 Å². The van der Waals surface area contributed by atoms with Gasteiger partial charge in [-0.3, -0.25) is 19.0 Å². The lowest BCUT2D eigenvalue weighted by Gasteiger charge is -2.16. The minimum absolute atomic E-state index is 0.183. The SMILES string of the molecule is CCn1ncc(NC(=O)C(C)Cn2nc(C)c(Br)c2C)c1C(=O)N(C)C. The highest BCUT2D eigenvalue weighted by atomic mass is 79.9. The van der Waals surface area contributed by atoms with Gasteiger partial charge in [0.15, 0.2) is 0 Å². The molecule has 142 valence electrons. The first-order chi connectivity index (χ1) is 12.2. The van der Waals surface area contributed by atoms with E-state index in [2.05, 4.69) is 31.4 Å². The quantitative estimate of drug-likeness (QED) is 0.771. The maximum Gasteiger partial charge on any atom is 0.273 e. The number of anilines is 1. The van der Waals surface area contributed by atoms with E-state index in [0.717, 1.165) is 15.9 Å². The fourth-order valence-electron chi connectivity index (χ4n) is 2.61. The Hall–Kier alpha value is -2.16. The summed E-state index contributed by atoms with van der Waals surface area (Å²) in [6.45, 7) is 8.58. The third kappa shape index (κ3) is 3.98. The maximum atomic E-state index is 12.6. The predicted molar refractivity (Wildman–Crippen MR) is 103 cm³/mol. The van der Waals surface area contributed by atoms with Crippen LogP contribution in [0.5, 0.6) is 0 Å². The molecule has 2 rings (SSSR count). The van der Waals surface area contributed by atoms with E-state index in [4.69, 9.17) is 0 Å². The summed E-state index contributed by atoms with van der Waals surface area (Å²) in [4.78, 5) is 26.5. The van der Waals surface area contributed by atoms with Crippen LogP contribution in [0.15, 0.2) is 10.7 Å². The van der Waals surface area contributed by atoms with Crippen molar-refractivity contribution in [3.8, 4) is 0 Å². The van der Waals surface area contributed by atoms with Crippen molar-refractivity contribution in [3.05, 3.63) is 27.8 Å². The van der Waals surface area contributed by atoms with Gasteiger partial charge in [-0.15, -0.1) is 0 Å². The number of aromatic nitrogens is 4. The molecule has 0 radical (unpaired) electrons. The zero-order valence-corrected chi connectivity index (χ0v) is 17.6. The summed E-state index contributed by atoms with van der Waals surface area (Å²) >= 11 is 3.49. The standard InChI is InChI=1S/C17H25BrN6O2/c1-7-23-15(17(26)22(5)6)13(8-19-23)20-16(25)10(2)9-24-12(4)14(18)11(3)21-24/h8,10H,7,9H2,1-6H3,(H,20,25). The molecule has 0 aliphatic carbocycles. The summed E-state index contributed by atoms with van der Waals surface area (Å²) in [5.41, 5.74) is 2.67. The molecule has 9 heteroatoms. The van der Waals surface area contributed by atoms with Gasteiger partial charge in [0.2, 0.25) is 5.91 Å². The van der Waals surface area contributed by atoms with Gasteiger partial charge in [-0.25, -0.2) is 0 Å². The van der Waals surface area contributed by atoms with E-state index in [1.54, 1.807) is 18.8 Å². The first-order valence-electron chi connectivity index (χ1n) is 8.45. The number of rotatable bonds is 6. The molecule has 0 aliphatic rings. The Balaban J connectivity index is 2.18. The average Bonchev–Trinajstić information content (AvgIpc) is 3.10. The van der Waals surface area contributed by atoms with Gasteiger partial charge in [-0.05, 0) is 36.7 Å². The molecule has 1 atom stereocenters. The van der Waals surface area contributed by atoms with Crippen LogP contribution >= 0.6 is 15.9 Å². The minimum Gasteiger partial charge on any atom is -0.343 e. The van der Waals surface area contributed by atoms with Crippen molar-refractivity contribution in [3.63, 3.8) is 0 Å². The Bertz CT molecular complexity index is 824. The van der Waals surface area contributed by atoms with Crippen molar-refractivity contribution < 1.29 is 9.59 Å². The Morgan fingerprint density at radius 1 is 1.31 bits per heavy atom. The van der Waals surface area contributed by atoms with Gasteiger partial charge in [0.1, 0.15) is 5.69 Å². The fourth-order valence-corrected chi connectivity index (χ4v) is 2.89. The summed E-state index contributed by atoms with van der Waals surface area (Å²) in [5, 5.41) is 11.5. The van der Waals surface area contributed by atoms with Crippen LogP contribution in [0.3, 0.4) is 0 Å². The lowest BCUT2D eigenvalue weighted by molar-refractivity contribution is -0.119. The average molecular weight is 425 g/mol. The third-order valence-corrected chi connectivity index (χ3v) is 5.34. The van der Waals surface area contributed by atoms with Crippen molar-refractivity contribution in [2.24, 2.45) is 5.92 Å². The first-order valence-corrected chi connectivity index (χ1v) is 9.24. The molecule has 2 heterocycles. The van der Waals surface area contributed by atoms with Crippen LogP contribution in [-0.4, -0.2) is 50.4 Å². The molecule has 0 saturated carbocycles. The summed E-state index contributed by atoms with van der Waals surface area (Å²) in [6, 6.07) is 0. The van der Waals surface area contributed by atoms with Gasteiger partial charge in [-0.2, -0.15) is 10.2 Å². The highest BCUT2D eigenvalue weighted by Gasteiger charge is 2.23. The molecule has 8 nitrogen and oxygen atoms in total. The summed E-state index contributed by atoms with van der Waals surface area (Å²) < 4.78 is 4.35. The van der Waals surface area contributed by atoms with Crippen molar-refractivity contribution in [1.29, 1.82) is 0 Å². The van der Waals surface area contributed by atoms with E-state index in [9.17, 15) is 9.59 Å². The minimum atomic E-state index is -0.327. The van der Waals surface area contributed by atoms with Crippen LogP contribution in [0, 0.1) is 19.8 Å². The second-order valence-electron chi connectivity index (χ2n) is 6.48. The number of halogens is 1. The number of nitrogens with zero attached hydrogens (tertiary/aromatic N) is 5. The van der Waals surface area contributed by atoms with Crippen molar-refractivity contribution in [2.75, 3.05) is 19.4 Å². The van der Waals surface area contributed by atoms with Crippen molar-refractivity contribution in [2.45, 2.75) is 40.8 Å². The van der Waals surface area contributed by atoms with E-state index < -0.39 is 0 Å². The largest absolute Gasteiger partial charge is 0.343 e. The predicted octanol–water partition coefficient (Wildman–Crippen LogP) is 2.46. The third-order valence-electron chi connectivity index (χ3n) is 4.19. The first kappa shape index (κ1) is 20.2. The van der Waals surface area contributed by atoms with Gasteiger partial charge in [0.05, 0.1) is 34.5 Å². The fraction of sp³-hybridized carbons (Fsp3) is 0.529. The second-order valence-corrected chi connectivity index (χ2v) is 7.27. The van der Waals surface area contributed by atoms with Crippen LogP contribution in [0.25, 0.3) is 0 Å². The van der Waals surface area contributed by atoms with E-state index in [1.165, 1.54) is 11.1 Å². The zero-order chi connectivity index (χ0) is 19.6. The lowest BCUT2D eigenvalue weighted by atomic mass is 10.1. The van der Waals surface area contributed by atoms with E-state index in [1.807, 2.05) is 32.4 Å². The number of nitrogens with one attached hydrogen (secondary N) is 1. The van der Waals surface area contributed by atoms with Gasteiger partial charge in [-0.1, -0.05) is 6.92 Å². The van der Waals surface area contributed by atoms with E-state index in [-0.39, 0.29) is 17.7 Å². The van der Waals surface area contributed by atoms with E-state index >= 15 is 0 Å². The Labute approximate surface area is 161 Å². The molecule has 0 saturated heterocycles. The Morgan fingerprint density at radius 2 is 1.96 bits per heavy atom. The van der Waals surface area contributed by atoms with Crippen molar-refractivity contribution >= 4 is 33.4 Å². The van der Waals surface area contributed by atoms with Crippen LogP contribution in [0.4, 0.5) is 5.69 Å². The number of carbonyl (C=O) groups is 2. The topological polar surface area (TPSA) is 85.0 Å².